The predicted octanol–water partition coefficient (Wildman–Crippen LogP) is 5.64. The highest BCUT2D eigenvalue weighted by Crippen LogP contribution is 2.32. The molecule has 37 heavy (non-hydrogen) atoms. The van der Waals surface area contributed by atoms with Crippen LogP contribution in [0.3, 0.4) is 0 Å². The summed E-state index contributed by atoms with van der Waals surface area (Å²) in [6, 6.07) is 13.3. The Labute approximate surface area is 223 Å². The maximum Gasteiger partial charge on any atom is 0.250 e. The zero-order chi connectivity index (χ0) is 27.2. The van der Waals surface area contributed by atoms with Crippen molar-refractivity contribution in [3.63, 3.8) is 0 Å². The number of nitrogens with one attached hydrogen (secondary N) is 2. The number of carbonyl (C=O) groups is 2. The van der Waals surface area contributed by atoms with Gasteiger partial charge in [0.25, 0.3) is 0 Å². The maximum atomic E-state index is 13.0. The van der Waals surface area contributed by atoms with Crippen molar-refractivity contribution < 1.29 is 19.4 Å². The molecular formula is C29H37N3O4S. The number of hydrogen-bond acceptors (Lipinski definition) is 6. The molecule has 0 aliphatic rings. The minimum atomic E-state index is -1.21. The van der Waals surface area contributed by atoms with E-state index in [1.807, 2.05) is 50.2 Å². The number of thiazole rings is 1. The molecule has 2 atom stereocenters. The van der Waals surface area contributed by atoms with Crippen LogP contribution in [-0.4, -0.2) is 34.1 Å². The molecule has 7 nitrogen and oxygen atoms in total. The summed E-state index contributed by atoms with van der Waals surface area (Å²) < 4.78 is 6.10. The molecule has 198 valence electrons. The van der Waals surface area contributed by atoms with Crippen LogP contribution in [0.1, 0.15) is 57.2 Å². The molecule has 1 unspecified atom stereocenters. The molecule has 0 spiro atoms. The molecule has 2 amide bonds. The highest BCUT2D eigenvalue weighted by Gasteiger charge is 2.32. The smallest absolute Gasteiger partial charge is 0.250 e. The second-order valence-corrected chi connectivity index (χ2v) is 11.4. The van der Waals surface area contributed by atoms with Gasteiger partial charge in [-0.05, 0) is 48.4 Å². The van der Waals surface area contributed by atoms with Gasteiger partial charge in [-0.2, -0.15) is 0 Å². The summed E-state index contributed by atoms with van der Waals surface area (Å²) >= 11 is 1.36. The molecule has 2 aromatic carbocycles. The summed E-state index contributed by atoms with van der Waals surface area (Å²) in [5.74, 6) is -0.0689. The standard InChI is InChI=1S/C29H37N3O4S/c1-7-10-22(31-27(35)25(33)29(4,5)6)26(34)32-28-30-16-24(37-28)21-12-9-8-11-20(21)17-36-23-14-13-18(2)15-19(23)3/h8-9,11-16,22,25,33H,7,10,17H2,1-6H3,(H,31,35)(H,30,32,34)/t22?,25-/m1/s1. The van der Waals surface area contributed by atoms with E-state index in [0.717, 1.165) is 27.3 Å². The van der Waals surface area contributed by atoms with Crippen LogP contribution in [0.25, 0.3) is 10.4 Å². The number of anilines is 1. The lowest BCUT2D eigenvalue weighted by molar-refractivity contribution is -0.137. The largest absolute Gasteiger partial charge is 0.489 e. The number of amides is 2. The van der Waals surface area contributed by atoms with Crippen molar-refractivity contribution >= 4 is 28.3 Å². The fourth-order valence-electron chi connectivity index (χ4n) is 3.85. The highest BCUT2D eigenvalue weighted by molar-refractivity contribution is 7.19. The monoisotopic (exact) mass is 523 g/mol. The number of aromatic nitrogens is 1. The zero-order valence-corrected chi connectivity index (χ0v) is 23.2. The van der Waals surface area contributed by atoms with E-state index in [2.05, 4.69) is 28.6 Å². The van der Waals surface area contributed by atoms with Gasteiger partial charge in [0, 0.05) is 6.20 Å². The van der Waals surface area contributed by atoms with E-state index in [1.165, 1.54) is 16.9 Å². The number of aryl methyl sites for hydroxylation is 2. The fourth-order valence-corrected chi connectivity index (χ4v) is 4.73. The summed E-state index contributed by atoms with van der Waals surface area (Å²) in [6.45, 7) is 11.7. The lowest BCUT2D eigenvalue weighted by atomic mass is 9.88. The first-order valence-electron chi connectivity index (χ1n) is 12.5. The van der Waals surface area contributed by atoms with Gasteiger partial charge >= 0.3 is 0 Å². The molecule has 0 bridgehead atoms. The SMILES string of the molecule is CCCC(NC(=O)[C@@H](O)C(C)(C)C)C(=O)Nc1ncc(-c2ccccc2COc2ccc(C)cc2C)s1. The summed E-state index contributed by atoms with van der Waals surface area (Å²) in [6.07, 6.45) is 1.66. The van der Waals surface area contributed by atoms with Crippen LogP contribution in [0.15, 0.2) is 48.7 Å². The summed E-state index contributed by atoms with van der Waals surface area (Å²) in [5, 5.41) is 16.2. The van der Waals surface area contributed by atoms with Crippen molar-refractivity contribution in [1.29, 1.82) is 0 Å². The second-order valence-electron chi connectivity index (χ2n) is 10.4. The van der Waals surface area contributed by atoms with E-state index in [1.54, 1.807) is 27.0 Å². The number of aliphatic hydroxyl groups excluding tert-OH is 1. The van der Waals surface area contributed by atoms with E-state index in [4.69, 9.17) is 4.74 Å². The van der Waals surface area contributed by atoms with Crippen LogP contribution in [0.2, 0.25) is 0 Å². The minimum absolute atomic E-state index is 0.358. The molecule has 3 rings (SSSR count). The molecule has 8 heteroatoms. The van der Waals surface area contributed by atoms with Gasteiger partial charge in [-0.15, -0.1) is 0 Å². The second kappa shape index (κ2) is 12.3. The Hall–Kier alpha value is -3.23. The first-order valence-corrected chi connectivity index (χ1v) is 13.3. The van der Waals surface area contributed by atoms with Crippen molar-refractivity contribution in [2.45, 2.75) is 73.1 Å². The number of carbonyl (C=O) groups excluding carboxylic acids is 2. The maximum absolute atomic E-state index is 13.0. The number of benzene rings is 2. The van der Waals surface area contributed by atoms with Crippen LogP contribution in [0.4, 0.5) is 5.13 Å². The van der Waals surface area contributed by atoms with Gasteiger partial charge in [-0.1, -0.05) is 87.4 Å². The van der Waals surface area contributed by atoms with Crippen LogP contribution < -0.4 is 15.4 Å². The Morgan fingerprint density at radius 1 is 1.11 bits per heavy atom. The van der Waals surface area contributed by atoms with E-state index < -0.39 is 23.5 Å². The lowest BCUT2D eigenvalue weighted by Crippen LogP contribution is -2.50. The lowest BCUT2D eigenvalue weighted by Gasteiger charge is -2.26. The van der Waals surface area contributed by atoms with Crippen molar-refractivity contribution in [2.24, 2.45) is 5.41 Å². The van der Waals surface area contributed by atoms with E-state index in [9.17, 15) is 14.7 Å². The highest BCUT2D eigenvalue weighted by atomic mass is 32.1. The van der Waals surface area contributed by atoms with Crippen LogP contribution in [-0.2, 0) is 16.2 Å². The molecular weight excluding hydrogens is 486 g/mol. The van der Waals surface area contributed by atoms with E-state index >= 15 is 0 Å². The number of rotatable bonds is 10. The summed E-state index contributed by atoms with van der Waals surface area (Å²) in [5.41, 5.74) is 3.64. The van der Waals surface area contributed by atoms with Crippen molar-refractivity contribution in [3.8, 4) is 16.2 Å². The third-order valence-electron chi connectivity index (χ3n) is 6.01. The Morgan fingerprint density at radius 3 is 2.51 bits per heavy atom. The van der Waals surface area contributed by atoms with Crippen molar-refractivity contribution in [2.75, 3.05) is 5.32 Å². The van der Waals surface area contributed by atoms with Crippen LogP contribution in [0.5, 0.6) is 5.75 Å². The normalized spacial score (nSPS) is 13.1. The molecule has 3 aromatic rings. The third-order valence-corrected chi connectivity index (χ3v) is 6.96. The summed E-state index contributed by atoms with van der Waals surface area (Å²) in [7, 11) is 0. The molecule has 0 saturated carbocycles. The summed E-state index contributed by atoms with van der Waals surface area (Å²) in [4.78, 5) is 30.8. The number of ether oxygens (including phenoxy) is 1. The van der Waals surface area contributed by atoms with Gasteiger partial charge in [0.2, 0.25) is 11.8 Å². The average Bonchev–Trinajstić information content (AvgIpc) is 3.30. The third kappa shape index (κ3) is 7.63. The fraction of sp³-hybridized carbons (Fsp3) is 0.414. The van der Waals surface area contributed by atoms with Gasteiger partial charge in [0.05, 0.1) is 4.88 Å². The van der Waals surface area contributed by atoms with Crippen molar-refractivity contribution in [3.05, 3.63) is 65.4 Å². The topological polar surface area (TPSA) is 101 Å². The van der Waals surface area contributed by atoms with Crippen LogP contribution in [0, 0.1) is 19.3 Å². The Kier molecular flexibility index (Phi) is 9.45. The number of nitrogens with zero attached hydrogens (tertiary/aromatic N) is 1. The Morgan fingerprint density at radius 2 is 1.84 bits per heavy atom. The predicted molar refractivity (Wildman–Crippen MR) is 149 cm³/mol. The Balaban J connectivity index is 1.71. The average molecular weight is 524 g/mol. The molecule has 0 aliphatic heterocycles. The quantitative estimate of drug-likeness (QED) is 0.319. The van der Waals surface area contributed by atoms with E-state index in [-0.39, 0.29) is 5.91 Å². The zero-order valence-electron chi connectivity index (χ0n) is 22.4. The Bertz CT molecular complexity index is 1230. The van der Waals surface area contributed by atoms with Gasteiger partial charge in [-0.25, -0.2) is 4.98 Å². The van der Waals surface area contributed by atoms with Gasteiger partial charge in [0.15, 0.2) is 5.13 Å². The minimum Gasteiger partial charge on any atom is -0.489 e. The first kappa shape index (κ1) is 28.3. The number of aliphatic hydroxyl groups is 1. The van der Waals surface area contributed by atoms with Crippen LogP contribution >= 0.6 is 11.3 Å². The molecule has 0 aliphatic carbocycles. The first-order chi connectivity index (χ1) is 17.5. The number of hydrogen-bond donors (Lipinski definition) is 3. The molecule has 0 fully saturated rings. The van der Waals surface area contributed by atoms with Gasteiger partial charge < -0.3 is 20.5 Å². The van der Waals surface area contributed by atoms with E-state index in [0.29, 0.717) is 24.6 Å². The molecule has 0 radical (unpaired) electrons. The van der Waals surface area contributed by atoms with Gasteiger partial charge in [0.1, 0.15) is 24.5 Å². The molecule has 1 heterocycles. The van der Waals surface area contributed by atoms with Crippen molar-refractivity contribution in [1.82, 2.24) is 10.3 Å². The van der Waals surface area contributed by atoms with Gasteiger partial charge in [-0.3, -0.25) is 9.59 Å². The molecule has 3 N–H and O–H groups in total. The molecule has 1 aromatic heterocycles. The molecule has 0 saturated heterocycles.